The van der Waals surface area contributed by atoms with Gasteiger partial charge in [-0.05, 0) is 56.1 Å². The molecular formula is C23H27N3O2S. The van der Waals surface area contributed by atoms with Gasteiger partial charge in [-0.15, -0.1) is 0 Å². The zero-order chi connectivity index (χ0) is 19.6. The standard InChI is InChI=1S/C23H27N3O2S/c1-25(23-24-19-6-2-5-9-22(19)29-23)14-17-10-12-26(13-11-17)15-18-16-27-20-7-3-4-8-21(20)28-18/h2-9,17-18H,10-16H2,1H3. The lowest BCUT2D eigenvalue weighted by molar-refractivity contribution is 0.0482. The normalized spacial score (nSPS) is 20.1. The molecule has 1 unspecified atom stereocenters. The number of thiazole rings is 1. The smallest absolute Gasteiger partial charge is 0.186 e. The molecule has 0 bridgehead atoms. The molecule has 0 amide bonds. The molecule has 1 saturated heterocycles. The molecule has 0 saturated carbocycles. The molecule has 2 aliphatic rings. The van der Waals surface area contributed by atoms with Crippen molar-refractivity contribution in [3.8, 4) is 11.5 Å². The Bertz CT molecular complexity index is 934. The highest BCUT2D eigenvalue weighted by Crippen LogP contribution is 2.32. The number of anilines is 1. The van der Waals surface area contributed by atoms with Gasteiger partial charge in [0.25, 0.3) is 0 Å². The Morgan fingerprint density at radius 2 is 1.83 bits per heavy atom. The molecule has 0 aliphatic carbocycles. The summed E-state index contributed by atoms with van der Waals surface area (Å²) in [6.07, 6.45) is 2.56. The van der Waals surface area contributed by atoms with Gasteiger partial charge in [-0.1, -0.05) is 35.6 Å². The van der Waals surface area contributed by atoms with Crippen LogP contribution in [0.5, 0.6) is 11.5 Å². The zero-order valence-electron chi connectivity index (χ0n) is 16.8. The zero-order valence-corrected chi connectivity index (χ0v) is 17.6. The minimum absolute atomic E-state index is 0.117. The number of ether oxygens (including phenoxy) is 2. The molecule has 1 fully saturated rings. The molecule has 0 N–H and O–H groups in total. The second kappa shape index (κ2) is 8.20. The monoisotopic (exact) mass is 409 g/mol. The van der Waals surface area contributed by atoms with E-state index in [1.165, 1.54) is 17.5 Å². The largest absolute Gasteiger partial charge is 0.486 e. The molecule has 1 atom stereocenters. The molecule has 0 spiro atoms. The summed E-state index contributed by atoms with van der Waals surface area (Å²) >= 11 is 1.79. The summed E-state index contributed by atoms with van der Waals surface area (Å²) in [5.41, 5.74) is 1.10. The fraction of sp³-hybridized carbons (Fsp3) is 0.435. The first-order chi connectivity index (χ1) is 14.2. The topological polar surface area (TPSA) is 37.8 Å². The van der Waals surface area contributed by atoms with E-state index in [0.29, 0.717) is 12.5 Å². The van der Waals surface area contributed by atoms with Crippen LogP contribution in [0.2, 0.25) is 0 Å². The van der Waals surface area contributed by atoms with Crippen LogP contribution in [0.1, 0.15) is 12.8 Å². The van der Waals surface area contributed by atoms with Crippen LogP contribution in [0.4, 0.5) is 5.13 Å². The molecule has 5 nitrogen and oxygen atoms in total. The summed E-state index contributed by atoms with van der Waals surface area (Å²) in [7, 11) is 2.18. The Morgan fingerprint density at radius 1 is 1.07 bits per heavy atom. The molecule has 29 heavy (non-hydrogen) atoms. The number of rotatable bonds is 5. The van der Waals surface area contributed by atoms with E-state index in [9.17, 15) is 0 Å². The number of fused-ring (bicyclic) bond motifs is 2. The maximum atomic E-state index is 6.13. The van der Waals surface area contributed by atoms with E-state index in [1.807, 2.05) is 24.3 Å². The van der Waals surface area contributed by atoms with Gasteiger partial charge >= 0.3 is 0 Å². The van der Waals surface area contributed by atoms with Gasteiger partial charge < -0.3 is 14.4 Å². The predicted molar refractivity (Wildman–Crippen MR) is 118 cm³/mol. The molecule has 152 valence electrons. The van der Waals surface area contributed by atoms with Crippen LogP contribution >= 0.6 is 11.3 Å². The van der Waals surface area contributed by atoms with Crippen LogP contribution in [-0.2, 0) is 0 Å². The number of benzene rings is 2. The minimum atomic E-state index is 0.117. The van der Waals surface area contributed by atoms with E-state index in [1.54, 1.807) is 11.3 Å². The van der Waals surface area contributed by atoms with E-state index in [2.05, 4.69) is 41.1 Å². The van der Waals surface area contributed by atoms with Crippen LogP contribution < -0.4 is 14.4 Å². The molecule has 0 radical (unpaired) electrons. The van der Waals surface area contributed by atoms with Crippen molar-refractivity contribution in [3.05, 3.63) is 48.5 Å². The SMILES string of the molecule is CN(CC1CCN(CC2COc3ccccc3O2)CC1)c1nc2ccccc2s1. The summed E-state index contributed by atoms with van der Waals surface area (Å²) in [5, 5.41) is 1.13. The minimum Gasteiger partial charge on any atom is -0.486 e. The van der Waals surface area contributed by atoms with Crippen molar-refractivity contribution in [1.29, 1.82) is 0 Å². The first kappa shape index (κ1) is 18.7. The van der Waals surface area contributed by atoms with Crippen molar-refractivity contribution >= 4 is 26.7 Å². The van der Waals surface area contributed by atoms with Crippen molar-refractivity contribution in [2.45, 2.75) is 18.9 Å². The van der Waals surface area contributed by atoms with Crippen molar-refractivity contribution < 1.29 is 9.47 Å². The van der Waals surface area contributed by atoms with Gasteiger partial charge in [-0.3, -0.25) is 4.90 Å². The molecule has 1 aromatic heterocycles. The molecule has 6 heteroatoms. The summed E-state index contributed by atoms with van der Waals surface area (Å²) in [5.74, 6) is 2.45. The van der Waals surface area contributed by atoms with Gasteiger partial charge in [-0.25, -0.2) is 4.98 Å². The number of nitrogens with zero attached hydrogens (tertiary/aromatic N) is 3. The number of hydrogen-bond donors (Lipinski definition) is 0. The Morgan fingerprint density at radius 3 is 2.66 bits per heavy atom. The highest BCUT2D eigenvalue weighted by molar-refractivity contribution is 7.22. The first-order valence-electron chi connectivity index (χ1n) is 10.4. The van der Waals surface area contributed by atoms with Crippen molar-refractivity contribution in [2.75, 3.05) is 44.7 Å². The Labute approximate surface area is 175 Å². The molecule has 3 aromatic rings. The highest BCUT2D eigenvalue weighted by Gasteiger charge is 2.26. The fourth-order valence-electron chi connectivity index (χ4n) is 4.28. The molecule has 2 aromatic carbocycles. The van der Waals surface area contributed by atoms with Gasteiger partial charge in [0.15, 0.2) is 16.6 Å². The summed E-state index contributed by atoms with van der Waals surface area (Å²) in [6, 6.07) is 16.3. The predicted octanol–water partition coefficient (Wildman–Crippen LogP) is 4.28. The molecule has 5 rings (SSSR count). The third-order valence-corrected chi connectivity index (χ3v) is 7.03. The van der Waals surface area contributed by atoms with Crippen molar-refractivity contribution in [3.63, 3.8) is 0 Å². The molecular weight excluding hydrogens is 382 g/mol. The average Bonchev–Trinajstić information content (AvgIpc) is 3.20. The van der Waals surface area contributed by atoms with Crippen molar-refractivity contribution in [2.24, 2.45) is 5.92 Å². The first-order valence-corrected chi connectivity index (χ1v) is 11.2. The van der Waals surface area contributed by atoms with Crippen LogP contribution in [0.25, 0.3) is 10.2 Å². The maximum Gasteiger partial charge on any atom is 0.186 e. The van der Waals surface area contributed by atoms with Crippen LogP contribution in [0, 0.1) is 5.92 Å². The Balaban J connectivity index is 1.11. The molecule has 2 aliphatic heterocycles. The average molecular weight is 410 g/mol. The lowest BCUT2D eigenvalue weighted by atomic mass is 9.96. The van der Waals surface area contributed by atoms with Gasteiger partial charge in [0.05, 0.1) is 10.2 Å². The second-order valence-corrected chi connectivity index (χ2v) is 9.10. The fourth-order valence-corrected chi connectivity index (χ4v) is 5.22. The summed E-state index contributed by atoms with van der Waals surface area (Å²) < 4.78 is 13.3. The lowest BCUT2D eigenvalue weighted by Gasteiger charge is -2.36. The van der Waals surface area contributed by atoms with Gasteiger partial charge in [0, 0.05) is 20.1 Å². The Hall–Kier alpha value is -2.31. The lowest BCUT2D eigenvalue weighted by Crippen LogP contribution is -2.45. The van der Waals surface area contributed by atoms with E-state index in [0.717, 1.165) is 48.3 Å². The van der Waals surface area contributed by atoms with Gasteiger partial charge in [0.2, 0.25) is 0 Å². The van der Waals surface area contributed by atoms with Gasteiger partial charge in [-0.2, -0.15) is 0 Å². The van der Waals surface area contributed by atoms with E-state index >= 15 is 0 Å². The van der Waals surface area contributed by atoms with Crippen LogP contribution in [0.3, 0.4) is 0 Å². The van der Waals surface area contributed by atoms with Crippen LogP contribution in [0.15, 0.2) is 48.5 Å². The quantitative estimate of drug-likeness (QED) is 0.629. The summed E-state index contributed by atoms with van der Waals surface area (Å²) in [6.45, 7) is 4.90. The second-order valence-electron chi connectivity index (χ2n) is 8.09. The van der Waals surface area contributed by atoms with E-state index in [4.69, 9.17) is 14.5 Å². The number of piperidine rings is 1. The highest BCUT2D eigenvalue weighted by atomic mass is 32.1. The van der Waals surface area contributed by atoms with Gasteiger partial charge in [0.1, 0.15) is 12.7 Å². The Kier molecular flexibility index (Phi) is 5.29. The number of hydrogen-bond acceptors (Lipinski definition) is 6. The van der Waals surface area contributed by atoms with Crippen molar-refractivity contribution in [1.82, 2.24) is 9.88 Å². The van der Waals surface area contributed by atoms with E-state index < -0.39 is 0 Å². The number of para-hydroxylation sites is 3. The number of likely N-dealkylation sites (tertiary alicyclic amines) is 1. The van der Waals surface area contributed by atoms with E-state index in [-0.39, 0.29) is 6.10 Å². The molecule has 3 heterocycles. The van der Waals surface area contributed by atoms with Crippen LogP contribution in [-0.4, -0.2) is 55.8 Å². The number of aromatic nitrogens is 1. The maximum absolute atomic E-state index is 6.13. The third kappa shape index (κ3) is 4.19. The summed E-state index contributed by atoms with van der Waals surface area (Å²) in [4.78, 5) is 9.65. The third-order valence-electron chi connectivity index (χ3n) is 5.88.